The number of nitro groups is 1. The molecule has 0 saturated heterocycles. The van der Waals surface area contributed by atoms with Crippen LogP contribution in [0.2, 0.25) is 0 Å². The van der Waals surface area contributed by atoms with Crippen LogP contribution in [0.4, 0.5) is 11.4 Å². The van der Waals surface area contributed by atoms with E-state index in [0.29, 0.717) is 5.69 Å². The third kappa shape index (κ3) is 5.63. The molecule has 1 atom stereocenters. The van der Waals surface area contributed by atoms with Crippen molar-refractivity contribution in [2.24, 2.45) is 0 Å². The number of rotatable bonds is 8. The number of hydrogen-bond donors (Lipinski definition) is 1. The summed E-state index contributed by atoms with van der Waals surface area (Å²) in [5.41, 5.74) is 0.692. The molecule has 0 unspecified atom stereocenters. The number of hydrogen-bond acceptors (Lipinski definition) is 7. The van der Waals surface area contributed by atoms with Gasteiger partial charge in [-0.15, -0.1) is 0 Å². The second-order valence-corrected chi connectivity index (χ2v) is 6.54. The van der Waals surface area contributed by atoms with E-state index in [2.05, 4.69) is 10.1 Å². The lowest BCUT2D eigenvalue weighted by Crippen LogP contribution is -2.22. The van der Waals surface area contributed by atoms with Crippen LogP contribution in [0.15, 0.2) is 42.5 Å². The Morgan fingerprint density at radius 2 is 1.73 bits per heavy atom. The highest BCUT2D eigenvalue weighted by molar-refractivity contribution is 5.98. The number of ether oxygens (including phenoxy) is 2. The maximum atomic E-state index is 12.3. The van der Waals surface area contributed by atoms with Gasteiger partial charge in [0.15, 0.2) is 6.61 Å². The molecule has 0 radical (unpaired) electrons. The fourth-order valence-corrected chi connectivity index (χ4v) is 2.73. The Bertz CT molecular complexity index is 972. The van der Waals surface area contributed by atoms with Crippen molar-refractivity contribution in [1.82, 2.24) is 0 Å². The van der Waals surface area contributed by atoms with E-state index in [-0.39, 0.29) is 17.0 Å². The first-order chi connectivity index (χ1) is 14.3. The Kier molecular flexibility index (Phi) is 7.62. The number of carbonyl (C=O) groups is 3. The lowest BCUT2D eigenvalue weighted by molar-refractivity contribution is -0.384. The van der Waals surface area contributed by atoms with Crippen LogP contribution in [0.1, 0.15) is 52.5 Å². The fourth-order valence-electron chi connectivity index (χ4n) is 2.73. The van der Waals surface area contributed by atoms with Crippen molar-refractivity contribution < 1.29 is 28.8 Å². The van der Waals surface area contributed by atoms with E-state index in [1.165, 1.54) is 0 Å². The van der Waals surface area contributed by atoms with Gasteiger partial charge >= 0.3 is 11.9 Å². The maximum absolute atomic E-state index is 12.3. The highest BCUT2D eigenvalue weighted by atomic mass is 16.6. The van der Waals surface area contributed by atoms with Gasteiger partial charge in [0.25, 0.3) is 11.6 Å². The van der Waals surface area contributed by atoms with Crippen LogP contribution in [0.25, 0.3) is 0 Å². The van der Waals surface area contributed by atoms with Crippen molar-refractivity contribution in [3.05, 3.63) is 69.3 Å². The first kappa shape index (κ1) is 22.5. The quantitative estimate of drug-likeness (QED) is 0.397. The lowest BCUT2D eigenvalue weighted by Gasteiger charge is -2.15. The van der Waals surface area contributed by atoms with Crippen LogP contribution in [0, 0.1) is 10.1 Å². The van der Waals surface area contributed by atoms with Crippen molar-refractivity contribution in [3.8, 4) is 0 Å². The number of methoxy groups -OCH3 is 1. The summed E-state index contributed by atoms with van der Waals surface area (Å²) in [6.07, 6.45) is 0.886. The number of anilines is 1. The summed E-state index contributed by atoms with van der Waals surface area (Å²) >= 11 is 0. The number of benzene rings is 2. The van der Waals surface area contributed by atoms with Gasteiger partial charge in [0.05, 0.1) is 23.2 Å². The molecule has 0 heterocycles. The second kappa shape index (κ2) is 10.1. The predicted octanol–water partition coefficient (Wildman–Crippen LogP) is 3.69. The molecular formula is C21H22N2O7. The molecule has 1 amide bonds. The van der Waals surface area contributed by atoms with Crippen LogP contribution in [-0.2, 0) is 14.3 Å². The molecule has 2 rings (SSSR count). The van der Waals surface area contributed by atoms with Gasteiger partial charge in [0.2, 0.25) is 0 Å². The minimum absolute atomic E-state index is 0.175. The second-order valence-electron chi connectivity index (χ2n) is 6.54. The molecule has 0 spiro atoms. The molecule has 0 aromatic heterocycles. The van der Waals surface area contributed by atoms with Crippen LogP contribution in [0.3, 0.4) is 0 Å². The Hall–Kier alpha value is -3.75. The third-order valence-electron chi connectivity index (χ3n) is 4.50. The zero-order valence-electron chi connectivity index (χ0n) is 16.8. The van der Waals surface area contributed by atoms with Gasteiger partial charge in [-0.1, -0.05) is 32.0 Å². The van der Waals surface area contributed by atoms with Crippen LogP contribution < -0.4 is 5.32 Å². The number of nitro benzene ring substituents is 1. The van der Waals surface area contributed by atoms with Crippen LogP contribution >= 0.6 is 0 Å². The van der Waals surface area contributed by atoms with E-state index < -0.39 is 35.1 Å². The molecule has 1 N–H and O–H groups in total. The van der Waals surface area contributed by atoms with Gasteiger partial charge in [0.1, 0.15) is 0 Å². The van der Waals surface area contributed by atoms with Gasteiger partial charge in [-0.05, 0) is 30.0 Å². The number of nitrogens with zero attached hydrogens (tertiary/aromatic N) is 1. The van der Waals surface area contributed by atoms with Crippen LogP contribution in [0.5, 0.6) is 0 Å². The topological polar surface area (TPSA) is 125 Å². The summed E-state index contributed by atoms with van der Waals surface area (Å²) in [5, 5.41) is 13.8. The fraction of sp³-hybridized carbons (Fsp3) is 0.286. The van der Waals surface area contributed by atoms with Gasteiger partial charge in [-0.25, -0.2) is 9.59 Å². The van der Waals surface area contributed by atoms with Gasteiger partial charge in [-0.3, -0.25) is 14.9 Å². The van der Waals surface area contributed by atoms with Crippen molar-refractivity contribution in [1.29, 1.82) is 0 Å². The van der Waals surface area contributed by atoms with E-state index >= 15 is 0 Å². The van der Waals surface area contributed by atoms with Crippen LogP contribution in [-0.4, -0.2) is 36.5 Å². The maximum Gasteiger partial charge on any atom is 0.338 e. The van der Waals surface area contributed by atoms with E-state index in [1.807, 2.05) is 26.0 Å². The minimum Gasteiger partial charge on any atom is -0.465 e. The summed E-state index contributed by atoms with van der Waals surface area (Å²) < 4.78 is 9.50. The van der Waals surface area contributed by atoms with E-state index in [4.69, 9.17) is 4.74 Å². The monoisotopic (exact) mass is 414 g/mol. The highest BCUT2D eigenvalue weighted by Gasteiger charge is 2.20. The summed E-state index contributed by atoms with van der Waals surface area (Å²) in [7, 11) is 1.11. The minimum atomic E-state index is -0.978. The Morgan fingerprint density at radius 3 is 2.33 bits per heavy atom. The standard InChI is InChI=1S/C21H22N2O7/c1-4-13(2)17-7-5-6-8-18(17)22-19(24)12-30-21(26)15-9-14(20(25)29-3)10-16(11-15)23(27)28/h5-11,13H,4,12H2,1-3H3,(H,22,24)/t13-/m0/s1. The van der Waals surface area contributed by atoms with Crippen molar-refractivity contribution in [3.63, 3.8) is 0 Å². The predicted molar refractivity (Wildman–Crippen MR) is 108 cm³/mol. The zero-order chi connectivity index (χ0) is 22.3. The molecule has 2 aromatic carbocycles. The zero-order valence-corrected chi connectivity index (χ0v) is 16.8. The summed E-state index contributed by atoms with van der Waals surface area (Å²) in [5.74, 6) is -2.15. The average Bonchev–Trinajstić information content (AvgIpc) is 2.76. The Balaban J connectivity index is 2.11. The first-order valence-electron chi connectivity index (χ1n) is 9.20. The summed E-state index contributed by atoms with van der Waals surface area (Å²) in [6.45, 7) is 3.48. The lowest BCUT2D eigenvalue weighted by atomic mass is 9.97. The first-order valence-corrected chi connectivity index (χ1v) is 9.20. The molecule has 0 bridgehead atoms. The van der Waals surface area contributed by atoms with Crippen molar-refractivity contribution >= 4 is 29.2 Å². The molecule has 0 aliphatic carbocycles. The molecule has 0 aliphatic rings. The molecule has 9 nitrogen and oxygen atoms in total. The Morgan fingerprint density at radius 1 is 1.10 bits per heavy atom. The molecule has 2 aromatic rings. The molecule has 30 heavy (non-hydrogen) atoms. The number of esters is 2. The largest absolute Gasteiger partial charge is 0.465 e. The number of non-ortho nitro benzene ring substituents is 1. The van der Waals surface area contributed by atoms with Gasteiger partial charge in [-0.2, -0.15) is 0 Å². The van der Waals surface area contributed by atoms with Gasteiger partial charge < -0.3 is 14.8 Å². The molecule has 0 saturated carbocycles. The van der Waals surface area contributed by atoms with Gasteiger partial charge in [0, 0.05) is 17.8 Å². The summed E-state index contributed by atoms with van der Waals surface area (Å²) in [4.78, 5) is 46.5. The Labute approximate surface area is 173 Å². The van der Waals surface area contributed by atoms with E-state index in [9.17, 15) is 24.5 Å². The molecule has 0 fully saturated rings. The number of amides is 1. The third-order valence-corrected chi connectivity index (χ3v) is 4.50. The average molecular weight is 414 g/mol. The SMILES string of the molecule is CC[C@H](C)c1ccccc1NC(=O)COC(=O)c1cc(C(=O)OC)cc([N+](=O)[O-])c1. The summed E-state index contributed by atoms with van der Waals surface area (Å²) in [6, 6.07) is 10.4. The van der Waals surface area contributed by atoms with Crippen molar-refractivity contribution in [2.45, 2.75) is 26.2 Å². The van der Waals surface area contributed by atoms with E-state index in [1.54, 1.807) is 12.1 Å². The molecule has 9 heteroatoms. The van der Waals surface area contributed by atoms with Crippen molar-refractivity contribution in [2.75, 3.05) is 19.0 Å². The molecule has 158 valence electrons. The number of para-hydroxylation sites is 1. The molecular weight excluding hydrogens is 392 g/mol. The normalized spacial score (nSPS) is 11.3. The molecule has 0 aliphatic heterocycles. The number of carbonyl (C=O) groups excluding carboxylic acids is 3. The highest BCUT2D eigenvalue weighted by Crippen LogP contribution is 2.26. The smallest absolute Gasteiger partial charge is 0.338 e. The number of nitrogens with one attached hydrogen (secondary N) is 1. The van der Waals surface area contributed by atoms with E-state index in [0.717, 1.165) is 37.3 Å².